The lowest BCUT2D eigenvalue weighted by atomic mass is 9.97. The maximum absolute atomic E-state index is 12.9. The van der Waals surface area contributed by atoms with Crippen LogP contribution in [0.15, 0.2) is 42.6 Å². The Kier molecular flexibility index (Phi) is 4.77. The van der Waals surface area contributed by atoms with Crippen LogP contribution < -0.4 is 0 Å². The van der Waals surface area contributed by atoms with Crippen LogP contribution in [0.2, 0.25) is 0 Å². The third-order valence-corrected chi connectivity index (χ3v) is 6.15. The van der Waals surface area contributed by atoms with Crippen molar-refractivity contribution in [1.29, 1.82) is 0 Å². The van der Waals surface area contributed by atoms with Crippen molar-refractivity contribution in [2.75, 3.05) is 19.6 Å². The number of hydrogen-bond acceptors (Lipinski definition) is 5. The van der Waals surface area contributed by atoms with Gasteiger partial charge in [-0.3, -0.25) is 23.7 Å². The van der Waals surface area contributed by atoms with Crippen molar-refractivity contribution in [3.05, 3.63) is 65.1 Å². The minimum atomic E-state index is -0.320. The number of amides is 3. The fourth-order valence-corrected chi connectivity index (χ4v) is 4.53. The van der Waals surface area contributed by atoms with E-state index in [1.807, 2.05) is 46.7 Å². The number of imide groups is 1. The van der Waals surface area contributed by atoms with E-state index >= 15 is 0 Å². The number of aromatic nitrogens is 3. The number of benzene rings is 1. The molecule has 1 aromatic carbocycles. The van der Waals surface area contributed by atoms with Gasteiger partial charge in [-0.1, -0.05) is 17.7 Å². The van der Waals surface area contributed by atoms with Crippen LogP contribution in [-0.4, -0.2) is 61.8 Å². The number of rotatable bonds is 4. The fourth-order valence-electron chi connectivity index (χ4n) is 4.53. The summed E-state index contributed by atoms with van der Waals surface area (Å²) in [6.07, 6.45) is 3.88. The van der Waals surface area contributed by atoms with E-state index in [0.29, 0.717) is 24.2 Å². The molecule has 3 amide bonds. The van der Waals surface area contributed by atoms with Crippen LogP contribution in [0.5, 0.6) is 0 Å². The lowest BCUT2D eigenvalue weighted by Crippen LogP contribution is -2.41. The summed E-state index contributed by atoms with van der Waals surface area (Å²) >= 11 is 0. The molecule has 1 fully saturated rings. The summed E-state index contributed by atoms with van der Waals surface area (Å²) in [7, 11) is 0. The second kappa shape index (κ2) is 7.61. The van der Waals surface area contributed by atoms with E-state index in [4.69, 9.17) is 0 Å². The van der Waals surface area contributed by atoms with Crippen molar-refractivity contribution in [2.24, 2.45) is 0 Å². The minimum Gasteiger partial charge on any atom is -0.342 e. The van der Waals surface area contributed by atoms with Crippen LogP contribution in [0.25, 0.3) is 5.65 Å². The van der Waals surface area contributed by atoms with Crippen LogP contribution in [0.1, 0.15) is 57.3 Å². The van der Waals surface area contributed by atoms with Crippen LogP contribution in [-0.2, 0) is 4.79 Å². The third kappa shape index (κ3) is 3.37. The zero-order valence-corrected chi connectivity index (χ0v) is 17.3. The smallest absolute Gasteiger partial charge is 0.261 e. The number of carbonyl (C=O) groups excluding carboxylic acids is 3. The number of fused-ring (bicyclic) bond motifs is 2. The Bertz CT molecular complexity index is 1200. The topological polar surface area (TPSA) is 87.9 Å². The molecule has 0 bridgehead atoms. The Hall–Kier alpha value is -3.55. The highest BCUT2D eigenvalue weighted by atomic mass is 16.2. The summed E-state index contributed by atoms with van der Waals surface area (Å²) in [5, 5.41) is 8.57. The van der Waals surface area contributed by atoms with Gasteiger partial charge < -0.3 is 4.90 Å². The molecule has 0 aliphatic carbocycles. The van der Waals surface area contributed by atoms with Crippen molar-refractivity contribution in [2.45, 2.75) is 32.1 Å². The number of piperidine rings is 1. The van der Waals surface area contributed by atoms with Gasteiger partial charge in [0.05, 0.1) is 11.1 Å². The van der Waals surface area contributed by atoms with Gasteiger partial charge in [0.25, 0.3) is 11.8 Å². The Morgan fingerprint density at radius 1 is 1.10 bits per heavy atom. The summed E-state index contributed by atoms with van der Waals surface area (Å²) in [4.78, 5) is 41.2. The van der Waals surface area contributed by atoms with Crippen molar-refractivity contribution < 1.29 is 14.4 Å². The second-order valence-corrected chi connectivity index (χ2v) is 8.23. The van der Waals surface area contributed by atoms with Gasteiger partial charge in [-0.2, -0.15) is 0 Å². The van der Waals surface area contributed by atoms with E-state index in [1.54, 1.807) is 12.1 Å². The molecule has 8 heteroatoms. The van der Waals surface area contributed by atoms with E-state index in [2.05, 4.69) is 10.2 Å². The van der Waals surface area contributed by atoms with Crippen molar-refractivity contribution in [1.82, 2.24) is 24.4 Å². The zero-order valence-electron chi connectivity index (χ0n) is 17.3. The van der Waals surface area contributed by atoms with Crippen molar-refractivity contribution in [3.8, 4) is 0 Å². The quantitative estimate of drug-likeness (QED) is 0.609. The predicted molar refractivity (Wildman–Crippen MR) is 113 cm³/mol. The molecule has 4 heterocycles. The fraction of sp³-hybridized carbons (Fsp3) is 0.348. The molecule has 0 radical (unpaired) electrons. The van der Waals surface area contributed by atoms with Gasteiger partial charge >= 0.3 is 0 Å². The molecule has 31 heavy (non-hydrogen) atoms. The van der Waals surface area contributed by atoms with Gasteiger partial charge in [0.15, 0.2) is 5.65 Å². The highest BCUT2D eigenvalue weighted by molar-refractivity contribution is 6.21. The standard InChI is InChI=1S/C23H23N5O3/c1-15-7-8-17-18(13-15)23(31)28(22(17)30)12-9-20(29)26-10-4-5-16(14-26)21-25-24-19-6-2-3-11-27(19)21/h2-3,6-8,11,13,16H,4-5,9-10,12,14H2,1H3. The number of pyridine rings is 1. The first-order valence-corrected chi connectivity index (χ1v) is 10.6. The first kappa shape index (κ1) is 19.4. The average molecular weight is 417 g/mol. The van der Waals surface area contributed by atoms with Crippen LogP contribution in [0, 0.1) is 6.92 Å². The summed E-state index contributed by atoms with van der Waals surface area (Å²) in [5.74, 6) is 0.287. The molecular weight excluding hydrogens is 394 g/mol. The van der Waals surface area contributed by atoms with E-state index in [9.17, 15) is 14.4 Å². The molecule has 2 aliphatic heterocycles. The third-order valence-electron chi connectivity index (χ3n) is 6.15. The Morgan fingerprint density at radius 3 is 2.81 bits per heavy atom. The number of carbonyl (C=O) groups is 3. The lowest BCUT2D eigenvalue weighted by molar-refractivity contribution is -0.132. The maximum Gasteiger partial charge on any atom is 0.261 e. The number of hydrogen-bond donors (Lipinski definition) is 0. The molecule has 0 saturated carbocycles. The molecule has 2 aliphatic rings. The molecule has 2 aromatic heterocycles. The van der Waals surface area contributed by atoms with Crippen LogP contribution >= 0.6 is 0 Å². The van der Waals surface area contributed by atoms with Gasteiger partial charge in [0, 0.05) is 38.2 Å². The molecule has 5 rings (SSSR count). The van der Waals surface area contributed by atoms with Gasteiger partial charge in [-0.05, 0) is 44.0 Å². The summed E-state index contributed by atoms with van der Waals surface area (Å²) in [5.41, 5.74) is 2.56. The summed E-state index contributed by atoms with van der Waals surface area (Å²) in [6.45, 7) is 3.22. The largest absolute Gasteiger partial charge is 0.342 e. The maximum atomic E-state index is 12.9. The molecule has 3 aromatic rings. The Morgan fingerprint density at radius 2 is 1.94 bits per heavy atom. The number of aryl methyl sites for hydroxylation is 1. The van der Waals surface area contributed by atoms with Crippen molar-refractivity contribution >= 4 is 23.4 Å². The van der Waals surface area contributed by atoms with E-state index in [-0.39, 0.29) is 36.6 Å². The van der Waals surface area contributed by atoms with E-state index in [1.165, 1.54) is 4.90 Å². The Balaban J connectivity index is 1.25. The number of likely N-dealkylation sites (tertiary alicyclic amines) is 1. The second-order valence-electron chi connectivity index (χ2n) is 8.23. The van der Waals surface area contributed by atoms with Crippen LogP contribution in [0.3, 0.4) is 0 Å². The summed E-state index contributed by atoms with van der Waals surface area (Å²) < 4.78 is 1.97. The van der Waals surface area contributed by atoms with E-state index in [0.717, 1.165) is 29.9 Å². The zero-order chi connectivity index (χ0) is 21.5. The van der Waals surface area contributed by atoms with Gasteiger partial charge in [-0.15, -0.1) is 10.2 Å². The summed E-state index contributed by atoms with van der Waals surface area (Å²) in [6, 6.07) is 11.0. The van der Waals surface area contributed by atoms with Crippen LogP contribution in [0.4, 0.5) is 0 Å². The van der Waals surface area contributed by atoms with E-state index < -0.39 is 0 Å². The molecule has 0 N–H and O–H groups in total. The first-order valence-electron chi connectivity index (χ1n) is 10.6. The van der Waals surface area contributed by atoms with Gasteiger partial charge in [0.1, 0.15) is 5.82 Å². The predicted octanol–water partition coefficient (Wildman–Crippen LogP) is 2.43. The molecule has 1 atom stereocenters. The minimum absolute atomic E-state index is 0.0498. The molecule has 0 spiro atoms. The SMILES string of the molecule is Cc1ccc2c(c1)C(=O)N(CCC(=O)N1CCCC(c3nnc4ccccn34)C1)C2=O. The lowest BCUT2D eigenvalue weighted by Gasteiger charge is -2.32. The highest BCUT2D eigenvalue weighted by Gasteiger charge is 2.36. The monoisotopic (exact) mass is 417 g/mol. The Labute approximate surface area is 179 Å². The average Bonchev–Trinajstić information content (AvgIpc) is 3.32. The molecule has 1 saturated heterocycles. The molecule has 8 nitrogen and oxygen atoms in total. The molecular formula is C23H23N5O3. The molecule has 158 valence electrons. The van der Waals surface area contributed by atoms with Gasteiger partial charge in [0.2, 0.25) is 5.91 Å². The van der Waals surface area contributed by atoms with Crippen molar-refractivity contribution in [3.63, 3.8) is 0 Å². The number of nitrogens with zero attached hydrogens (tertiary/aromatic N) is 5. The van der Waals surface area contributed by atoms with Gasteiger partial charge in [-0.25, -0.2) is 0 Å². The normalized spacial score (nSPS) is 18.7. The molecule has 1 unspecified atom stereocenters. The highest BCUT2D eigenvalue weighted by Crippen LogP contribution is 2.27. The first-order chi connectivity index (χ1) is 15.0.